The zero-order valence-corrected chi connectivity index (χ0v) is 18.0. The smallest absolute Gasteiger partial charge is 0.275 e. The lowest BCUT2D eigenvalue weighted by atomic mass is 9.78. The lowest BCUT2D eigenvalue weighted by Crippen LogP contribution is -2.45. The van der Waals surface area contributed by atoms with Crippen LogP contribution >= 0.6 is 11.8 Å². The van der Waals surface area contributed by atoms with Gasteiger partial charge >= 0.3 is 0 Å². The van der Waals surface area contributed by atoms with E-state index in [1.54, 1.807) is 13.8 Å². The minimum Gasteiger partial charge on any atom is -0.463 e. The second-order valence-corrected chi connectivity index (χ2v) is 8.52. The van der Waals surface area contributed by atoms with Crippen LogP contribution in [0.5, 0.6) is 5.88 Å². The van der Waals surface area contributed by atoms with Crippen molar-refractivity contribution in [3.05, 3.63) is 47.4 Å². The molecule has 11 heteroatoms. The average molecular weight is 463 g/mol. The van der Waals surface area contributed by atoms with Crippen LogP contribution in [0.1, 0.15) is 29.9 Å². The number of terminal acetylenes is 1. The highest BCUT2D eigenvalue weighted by atomic mass is 32.2. The number of carbonyl (C=O) groups is 1. The van der Waals surface area contributed by atoms with Crippen molar-refractivity contribution in [2.45, 2.75) is 24.6 Å². The molecular weight excluding hydrogens is 443 g/mol. The molecule has 0 spiro atoms. The van der Waals surface area contributed by atoms with Gasteiger partial charge in [0.05, 0.1) is 12.4 Å². The number of rotatable bonds is 6. The lowest BCUT2D eigenvalue weighted by Gasteiger charge is -2.40. The van der Waals surface area contributed by atoms with Gasteiger partial charge in [0.1, 0.15) is 17.9 Å². The molecule has 1 amide bonds. The van der Waals surface area contributed by atoms with Gasteiger partial charge in [0.2, 0.25) is 5.88 Å². The molecule has 3 rings (SSSR count). The van der Waals surface area contributed by atoms with Gasteiger partial charge in [-0.05, 0) is 6.07 Å². The van der Waals surface area contributed by atoms with Crippen molar-refractivity contribution in [1.82, 2.24) is 9.97 Å². The van der Waals surface area contributed by atoms with Crippen molar-refractivity contribution in [2.24, 2.45) is 16.6 Å². The molecule has 1 aromatic carbocycles. The predicted molar refractivity (Wildman–Crippen MR) is 116 cm³/mol. The molecule has 0 unspecified atom stereocenters. The maximum Gasteiger partial charge on any atom is 0.275 e. The molecule has 0 saturated carbocycles. The Balaban J connectivity index is 1.94. The van der Waals surface area contributed by atoms with Crippen LogP contribution in [0.4, 0.5) is 18.9 Å². The Morgan fingerprint density at radius 2 is 2.09 bits per heavy atom. The summed E-state index contributed by atoms with van der Waals surface area (Å²) in [5, 5.41) is 2.29. The van der Waals surface area contributed by atoms with Gasteiger partial charge < -0.3 is 15.8 Å². The number of hydrogen-bond acceptors (Lipinski definition) is 7. The van der Waals surface area contributed by atoms with Crippen molar-refractivity contribution in [3.8, 4) is 18.2 Å². The van der Waals surface area contributed by atoms with Crippen LogP contribution in [0.2, 0.25) is 0 Å². The third-order valence-corrected chi connectivity index (χ3v) is 6.31. The molecule has 2 aromatic rings. The number of aromatic nitrogens is 2. The summed E-state index contributed by atoms with van der Waals surface area (Å²) in [6, 6.07) is 1.95. The molecule has 7 nitrogen and oxygen atoms in total. The fraction of sp³-hybridized carbons (Fsp3) is 0.333. The number of amides is 1. The fourth-order valence-corrected chi connectivity index (χ4v) is 4.36. The van der Waals surface area contributed by atoms with Crippen LogP contribution in [-0.4, -0.2) is 39.6 Å². The van der Waals surface area contributed by atoms with Gasteiger partial charge in [-0.2, -0.15) is 0 Å². The molecule has 1 aliphatic rings. The summed E-state index contributed by atoms with van der Waals surface area (Å²) in [6.45, 7) is 2.38. The van der Waals surface area contributed by atoms with Crippen LogP contribution in [0.25, 0.3) is 0 Å². The first kappa shape index (κ1) is 23.4. The van der Waals surface area contributed by atoms with Gasteiger partial charge in [-0.25, -0.2) is 28.1 Å². The first-order chi connectivity index (χ1) is 15.2. The number of nitrogens with one attached hydrogen (secondary N) is 1. The van der Waals surface area contributed by atoms with E-state index in [9.17, 15) is 18.0 Å². The summed E-state index contributed by atoms with van der Waals surface area (Å²) < 4.78 is 48.7. The number of ether oxygens (including phenoxy) is 1. The molecule has 0 bridgehead atoms. The van der Waals surface area contributed by atoms with Crippen molar-refractivity contribution in [1.29, 1.82) is 0 Å². The minimum absolute atomic E-state index is 0.0171. The predicted octanol–water partition coefficient (Wildman–Crippen LogP) is 3.27. The molecule has 0 fully saturated rings. The summed E-state index contributed by atoms with van der Waals surface area (Å²) >= 11 is 1.23. The summed E-state index contributed by atoms with van der Waals surface area (Å²) in [5.41, 5.74) is 3.56. The molecule has 0 saturated heterocycles. The molecule has 1 aromatic heterocycles. The quantitative estimate of drug-likeness (QED) is 0.638. The van der Waals surface area contributed by atoms with Gasteiger partial charge in [0.25, 0.3) is 5.91 Å². The zero-order chi connectivity index (χ0) is 23.5. The van der Waals surface area contributed by atoms with Crippen molar-refractivity contribution in [2.75, 3.05) is 18.6 Å². The first-order valence-electron chi connectivity index (χ1n) is 9.49. The normalized spacial score (nSPS) is 22.6. The molecule has 0 aliphatic carbocycles. The maximum atomic E-state index is 14.8. The minimum atomic E-state index is -1.73. The van der Waals surface area contributed by atoms with E-state index < -0.39 is 35.7 Å². The SMILES string of the molecule is C#CCOc1cnc(C(=O)Nc2cc(F)c(F)c([C@@]3(CF)N=C(N)S[C@@H](C)[C@@H]3C)c2)cn1. The van der Waals surface area contributed by atoms with E-state index in [1.807, 2.05) is 0 Å². The van der Waals surface area contributed by atoms with E-state index in [1.165, 1.54) is 18.0 Å². The number of thioether (sulfide) groups is 1. The summed E-state index contributed by atoms with van der Waals surface area (Å²) in [6.07, 6.45) is 7.42. The second-order valence-electron chi connectivity index (χ2n) is 7.13. The number of hydrogen-bond donors (Lipinski definition) is 2. The monoisotopic (exact) mass is 463 g/mol. The fourth-order valence-electron chi connectivity index (χ4n) is 3.33. The number of alkyl halides is 1. The highest BCUT2D eigenvalue weighted by Gasteiger charge is 2.46. The van der Waals surface area contributed by atoms with E-state index in [0.29, 0.717) is 0 Å². The highest BCUT2D eigenvalue weighted by Crippen LogP contribution is 2.45. The van der Waals surface area contributed by atoms with Gasteiger partial charge in [-0.15, -0.1) is 6.42 Å². The van der Waals surface area contributed by atoms with Gasteiger partial charge in [0.15, 0.2) is 23.4 Å². The van der Waals surface area contributed by atoms with E-state index in [0.717, 1.165) is 18.3 Å². The molecular formula is C21H20F3N5O2S. The molecule has 3 N–H and O–H groups in total. The number of benzene rings is 1. The average Bonchev–Trinajstić information content (AvgIpc) is 2.77. The number of nitrogens with two attached hydrogens (primary N) is 1. The first-order valence-corrected chi connectivity index (χ1v) is 10.4. The zero-order valence-electron chi connectivity index (χ0n) is 17.2. The Morgan fingerprint density at radius 3 is 2.72 bits per heavy atom. The number of nitrogens with zero attached hydrogens (tertiary/aromatic N) is 3. The van der Waals surface area contributed by atoms with Crippen molar-refractivity contribution < 1.29 is 22.7 Å². The summed E-state index contributed by atoms with van der Waals surface area (Å²) in [5.74, 6) is -1.38. The topological polar surface area (TPSA) is 102 Å². The summed E-state index contributed by atoms with van der Waals surface area (Å²) in [4.78, 5) is 24.5. The van der Waals surface area contributed by atoms with Gasteiger partial charge in [-0.1, -0.05) is 31.5 Å². The second kappa shape index (κ2) is 9.48. The lowest BCUT2D eigenvalue weighted by molar-refractivity contribution is 0.102. The van der Waals surface area contributed by atoms with E-state index in [2.05, 4.69) is 26.2 Å². The molecule has 2 heterocycles. The molecule has 1 aliphatic heterocycles. The number of aliphatic imine (C=N–C) groups is 1. The van der Waals surface area contributed by atoms with Gasteiger partial charge in [0, 0.05) is 28.5 Å². The standard InChI is InChI=1S/C21H20F3N5O2S/c1-4-5-31-17-9-26-16(8-27-17)19(30)28-13-6-14(18(24)15(23)7-13)21(10-22)11(2)12(3)32-20(25)29-21/h1,6-9,11-12H,5,10H2,2-3H3,(H2,25,29)(H,28,30)/t11-,12-,21-/m0/s1. The van der Waals surface area contributed by atoms with E-state index in [-0.39, 0.29) is 39.8 Å². The molecule has 0 radical (unpaired) electrons. The largest absolute Gasteiger partial charge is 0.463 e. The maximum absolute atomic E-state index is 14.8. The Morgan fingerprint density at radius 1 is 1.34 bits per heavy atom. The van der Waals surface area contributed by atoms with Crippen LogP contribution in [0.3, 0.4) is 0 Å². The highest BCUT2D eigenvalue weighted by molar-refractivity contribution is 8.14. The Labute approximate surface area is 187 Å². The number of carbonyl (C=O) groups excluding carboxylic acids is 1. The van der Waals surface area contributed by atoms with Gasteiger partial charge in [-0.3, -0.25) is 4.79 Å². The molecule has 3 atom stereocenters. The Hall–Kier alpha value is -3.26. The van der Waals surface area contributed by atoms with Crippen molar-refractivity contribution >= 4 is 28.5 Å². The Bertz CT molecular complexity index is 1090. The number of anilines is 1. The van der Waals surface area contributed by atoms with Crippen LogP contribution in [-0.2, 0) is 5.54 Å². The third kappa shape index (κ3) is 4.50. The van der Waals surface area contributed by atoms with E-state index >= 15 is 0 Å². The summed E-state index contributed by atoms with van der Waals surface area (Å²) in [7, 11) is 0. The third-order valence-electron chi connectivity index (χ3n) is 5.19. The Kier molecular flexibility index (Phi) is 6.93. The van der Waals surface area contributed by atoms with Crippen molar-refractivity contribution in [3.63, 3.8) is 0 Å². The van der Waals surface area contributed by atoms with E-state index in [4.69, 9.17) is 16.9 Å². The number of halogens is 3. The molecule has 32 heavy (non-hydrogen) atoms. The van der Waals surface area contributed by atoms with Crippen LogP contribution < -0.4 is 15.8 Å². The molecule has 168 valence electrons. The van der Waals surface area contributed by atoms with Crippen LogP contribution in [0.15, 0.2) is 29.5 Å². The van der Waals surface area contributed by atoms with Crippen LogP contribution in [0, 0.1) is 29.9 Å². The number of amidine groups is 1.